The van der Waals surface area contributed by atoms with E-state index in [0.29, 0.717) is 11.1 Å². The van der Waals surface area contributed by atoms with Gasteiger partial charge in [-0.3, -0.25) is 0 Å². The van der Waals surface area contributed by atoms with Crippen LogP contribution in [0, 0.1) is 0 Å². The van der Waals surface area contributed by atoms with E-state index in [1.54, 1.807) is 76.2 Å². The highest BCUT2D eigenvalue weighted by molar-refractivity contribution is 7.81. The molecule has 14 nitrogen and oxygen atoms in total. The number of ether oxygens (including phenoxy) is 10. The molecule has 11 atom stereocenters. The summed E-state index contributed by atoms with van der Waals surface area (Å²) in [5, 5.41) is 0. The second-order valence-electron chi connectivity index (χ2n) is 13.9. The van der Waals surface area contributed by atoms with E-state index in [1.807, 2.05) is 12.1 Å². The molecule has 5 aliphatic heterocycles. The van der Waals surface area contributed by atoms with Gasteiger partial charge < -0.3 is 47.4 Å². The molecule has 0 bridgehead atoms. The van der Waals surface area contributed by atoms with Gasteiger partial charge in [0, 0.05) is 5.56 Å². The predicted molar refractivity (Wildman–Crippen MR) is 168 cm³/mol. The van der Waals surface area contributed by atoms with Gasteiger partial charge in [0.2, 0.25) is 0 Å². The molecule has 5 heterocycles. The van der Waals surface area contributed by atoms with Crippen LogP contribution in [-0.4, -0.2) is 107 Å². The van der Waals surface area contributed by atoms with E-state index < -0.39 is 102 Å². The third kappa shape index (κ3) is 8.80. The first-order chi connectivity index (χ1) is 24.5. The maximum atomic E-state index is 13.1. The number of rotatable bonds is 11. The lowest BCUT2D eigenvalue weighted by molar-refractivity contribution is -0.367. The van der Waals surface area contributed by atoms with Gasteiger partial charge in [-0.2, -0.15) is 21.6 Å². The molecule has 2 aromatic carbocycles. The average molecular weight is 763 g/mol. The second kappa shape index (κ2) is 14.7. The van der Waals surface area contributed by atoms with Crippen molar-refractivity contribution in [3.63, 3.8) is 0 Å². The molecule has 0 saturated carbocycles. The van der Waals surface area contributed by atoms with Gasteiger partial charge >= 0.3 is 16.6 Å². The first-order valence-corrected chi connectivity index (χ1v) is 18.1. The van der Waals surface area contributed by atoms with Crippen molar-refractivity contribution < 1.29 is 77.3 Å². The fraction of sp³-hybridized carbons (Fsp3) is 0.647. The summed E-state index contributed by atoms with van der Waals surface area (Å²) in [7, 11) is -5.32. The van der Waals surface area contributed by atoms with Crippen molar-refractivity contribution in [3.05, 3.63) is 71.8 Å². The molecule has 288 valence electrons. The van der Waals surface area contributed by atoms with Crippen molar-refractivity contribution in [2.75, 3.05) is 19.8 Å². The van der Waals surface area contributed by atoms with Crippen molar-refractivity contribution in [2.45, 2.75) is 120 Å². The molecule has 5 aliphatic rings. The van der Waals surface area contributed by atoms with Gasteiger partial charge in [-0.05, 0) is 33.3 Å². The van der Waals surface area contributed by atoms with E-state index >= 15 is 0 Å². The number of hydrogen-bond donors (Lipinski definition) is 0. The van der Waals surface area contributed by atoms with Crippen LogP contribution in [0.5, 0.6) is 0 Å². The van der Waals surface area contributed by atoms with Gasteiger partial charge in [0.05, 0.1) is 19.8 Å². The minimum atomic E-state index is -5.32. The first-order valence-electron chi connectivity index (χ1n) is 16.8. The lowest BCUT2D eigenvalue weighted by Crippen LogP contribution is -2.64. The summed E-state index contributed by atoms with van der Waals surface area (Å²) in [5.41, 5.74) is 1.37. The first kappa shape index (κ1) is 38.0. The molecule has 5 saturated heterocycles. The molecule has 0 aromatic heterocycles. The van der Waals surface area contributed by atoms with E-state index in [9.17, 15) is 21.6 Å². The van der Waals surface area contributed by atoms with E-state index in [-0.39, 0.29) is 19.8 Å². The predicted octanol–water partition coefficient (Wildman–Crippen LogP) is 4.03. The lowest BCUT2D eigenvalue weighted by Gasteiger charge is -2.48. The van der Waals surface area contributed by atoms with Gasteiger partial charge in [-0.1, -0.05) is 60.7 Å². The minimum Gasteiger partial charge on any atom is -0.368 e. The van der Waals surface area contributed by atoms with Crippen LogP contribution in [0.1, 0.15) is 45.1 Å². The Morgan fingerprint density at radius 3 is 2.13 bits per heavy atom. The Kier molecular flexibility index (Phi) is 10.8. The fourth-order valence-electron chi connectivity index (χ4n) is 6.84. The van der Waals surface area contributed by atoms with Gasteiger partial charge in [-0.25, -0.2) is 8.37 Å². The van der Waals surface area contributed by atoms with Crippen LogP contribution in [-0.2, 0) is 72.7 Å². The van der Waals surface area contributed by atoms with Crippen molar-refractivity contribution in [2.24, 2.45) is 0 Å². The molecule has 7 rings (SSSR count). The number of alkyl halides is 3. The second-order valence-corrected chi connectivity index (χ2v) is 15.1. The van der Waals surface area contributed by atoms with Crippen LogP contribution in [0.15, 0.2) is 60.7 Å². The van der Waals surface area contributed by atoms with Gasteiger partial charge in [-0.15, -0.1) is 0 Å². The average Bonchev–Trinajstić information content (AvgIpc) is 3.59. The third-order valence-corrected chi connectivity index (χ3v) is 9.78. The van der Waals surface area contributed by atoms with Crippen molar-refractivity contribution in [1.29, 1.82) is 0 Å². The minimum absolute atomic E-state index is 0.0425. The molecule has 1 unspecified atom stereocenters. The summed E-state index contributed by atoms with van der Waals surface area (Å²) >= 11 is 0. The van der Waals surface area contributed by atoms with Gasteiger partial charge in [0.1, 0.15) is 42.7 Å². The summed E-state index contributed by atoms with van der Waals surface area (Å²) < 4.78 is 136. The Labute approximate surface area is 298 Å². The zero-order valence-corrected chi connectivity index (χ0v) is 29.5. The molecule has 0 N–H and O–H groups in total. The summed E-state index contributed by atoms with van der Waals surface area (Å²) in [6.45, 7) is 4.42. The Morgan fingerprint density at radius 2 is 1.42 bits per heavy atom. The van der Waals surface area contributed by atoms with Gasteiger partial charge in [0.15, 0.2) is 43.2 Å². The Morgan fingerprint density at radius 1 is 0.769 bits per heavy atom. The van der Waals surface area contributed by atoms with E-state index in [0.717, 1.165) is 0 Å². The maximum absolute atomic E-state index is 13.1. The highest BCUT2D eigenvalue weighted by Gasteiger charge is 2.61. The third-order valence-electron chi connectivity index (χ3n) is 8.91. The lowest BCUT2D eigenvalue weighted by atomic mass is 9.97. The fourth-order valence-corrected chi connectivity index (χ4v) is 7.65. The highest BCUT2D eigenvalue weighted by Crippen LogP contribution is 2.45. The van der Waals surface area contributed by atoms with Crippen molar-refractivity contribution in [1.82, 2.24) is 0 Å². The molecule has 0 radical (unpaired) electrons. The van der Waals surface area contributed by atoms with Crippen LogP contribution >= 0.6 is 0 Å². The quantitative estimate of drug-likeness (QED) is 0.325. The molecule has 52 heavy (non-hydrogen) atoms. The van der Waals surface area contributed by atoms with Crippen LogP contribution in [0.25, 0.3) is 0 Å². The molecule has 2 aromatic rings. The van der Waals surface area contributed by atoms with E-state index in [2.05, 4.69) is 4.18 Å². The molecule has 18 heteroatoms. The topological polar surface area (TPSA) is 145 Å². The maximum Gasteiger partial charge on any atom is 0.413 e. The van der Waals surface area contributed by atoms with Crippen LogP contribution in [0.4, 0.5) is 13.2 Å². The van der Waals surface area contributed by atoms with Gasteiger partial charge in [0.25, 0.3) is 0 Å². The molecule has 5 fully saturated rings. The normalized spacial score (nSPS) is 36.9. The molecular formula is C34H41F3O14S. The Bertz CT molecular complexity index is 1610. The van der Waals surface area contributed by atoms with Crippen molar-refractivity contribution >= 4 is 10.4 Å². The number of benzene rings is 2. The summed E-state index contributed by atoms with van der Waals surface area (Å²) in [4.78, 5) is 0. The molecule has 0 spiro atoms. The summed E-state index contributed by atoms with van der Waals surface area (Å²) in [5.74, 6) is -2.01. The standard InChI is InChI=1S/C34H41F3O14S/c1-32(2)47-24-22(45-31-27(26(24)48-32)49-33(3,4)50-31)17-42-30-28(51-52(38,39)43-18-34(35,36)37)25(40-15-19-11-7-5-8-12-19)23-21(44-30)16-41-29(46-23)20-13-9-6-10-14-20/h5-14,21-31H,15-18H2,1-4H3/t21-,22-,23-,24+,25+,26+,27-,28-,29?,30-,31-/m1/s1. The van der Waals surface area contributed by atoms with Crippen LogP contribution in [0.3, 0.4) is 0 Å². The van der Waals surface area contributed by atoms with Crippen LogP contribution in [0.2, 0.25) is 0 Å². The summed E-state index contributed by atoms with van der Waals surface area (Å²) in [6, 6.07) is 17.9. The highest BCUT2D eigenvalue weighted by atomic mass is 32.3. The SMILES string of the molecule is CC1(C)O[C@H]2[C@@H](O1)[C@@H](CO[C@@H]1O[C@@H]3COC(c4ccccc4)O[C@H]3[C@H](OCc3ccccc3)[C@H]1OS(=O)(=O)OCC(F)(F)F)O[C@@H]1OC(C)(C)O[C@@H]12. The molecule has 0 amide bonds. The Balaban J connectivity index is 1.17. The number of fused-ring (bicyclic) bond motifs is 4. The van der Waals surface area contributed by atoms with Crippen LogP contribution < -0.4 is 0 Å². The van der Waals surface area contributed by atoms with Crippen molar-refractivity contribution in [3.8, 4) is 0 Å². The zero-order chi connectivity index (χ0) is 36.9. The number of hydrogen-bond acceptors (Lipinski definition) is 14. The zero-order valence-electron chi connectivity index (χ0n) is 28.7. The molecule has 0 aliphatic carbocycles. The van der Waals surface area contributed by atoms with E-state index in [4.69, 9.17) is 51.6 Å². The van der Waals surface area contributed by atoms with E-state index in [1.165, 1.54) is 0 Å². The number of halogens is 3. The molecular weight excluding hydrogens is 721 g/mol. The monoisotopic (exact) mass is 762 g/mol. The largest absolute Gasteiger partial charge is 0.413 e. The Hall–Kier alpha value is -2.30. The summed E-state index contributed by atoms with van der Waals surface area (Å²) in [6.07, 6.45) is -16.1. The smallest absolute Gasteiger partial charge is 0.368 e.